The summed E-state index contributed by atoms with van der Waals surface area (Å²) in [5.74, 6) is 0.838. The van der Waals surface area contributed by atoms with Crippen molar-refractivity contribution in [3.8, 4) is 0 Å². The average molecular weight is 238 g/mol. The standard InChI is InChI=1S/C12H18N2O3/c1-14(8-10-3-2-6-16-10)12(15)11-5-4-9(7-13)17-11/h4-5,10H,2-3,6-8,13H2,1H3. The molecule has 1 atom stereocenters. The van der Waals surface area contributed by atoms with Crippen molar-refractivity contribution >= 4 is 5.91 Å². The van der Waals surface area contributed by atoms with Crippen molar-refractivity contribution in [1.82, 2.24) is 4.90 Å². The van der Waals surface area contributed by atoms with Crippen molar-refractivity contribution in [2.45, 2.75) is 25.5 Å². The molecule has 1 amide bonds. The zero-order chi connectivity index (χ0) is 12.3. The van der Waals surface area contributed by atoms with Crippen LogP contribution in [-0.4, -0.2) is 37.1 Å². The molecule has 1 aliphatic rings. The van der Waals surface area contributed by atoms with Gasteiger partial charge in [-0.1, -0.05) is 0 Å². The second-order valence-corrected chi connectivity index (χ2v) is 4.29. The first-order valence-corrected chi connectivity index (χ1v) is 5.86. The Morgan fingerprint density at radius 3 is 3.00 bits per heavy atom. The number of carbonyl (C=O) groups is 1. The summed E-state index contributed by atoms with van der Waals surface area (Å²) < 4.78 is 10.8. The first kappa shape index (κ1) is 12.1. The second-order valence-electron chi connectivity index (χ2n) is 4.29. The van der Waals surface area contributed by atoms with Gasteiger partial charge in [0.2, 0.25) is 0 Å². The summed E-state index contributed by atoms with van der Waals surface area (Å²) in [4.78, 5) is 13.6. The lowest BCUT2D eigenvalue weighted by molar-refractivity contribution is 0.0562. The topological polar surface area (TPSA) is 68.7 Å². The van der Waals surface area contributed by atoms with E-state index in [-0.39, 0.29) is 12.0 Å². The largest absolute Gasteiger partial charge is 0.455 e. The van der Waals surface area contributed by atoms with E-state index in [9.17, 15) is 4.79 Å². The highest BCUT2D eigenvalue weighted by atomic mass is 16.5. The Morgan fingerprint density at radius 2 is 2.41 bits per heavy atom. The summed E-state index contributed by atoms with van der Waals surface area (Å²) in [6.07, 6.45) is 2.25. The lowest BCUT2D eigenvalue weighted by Gasteiger charge is -2.19. The maximum absolute atomic E-state index is 12.0. The lowest BCUT2D eigenvalue weighted by atomic mass is 10.2. The van der Waals surface area contributed by atoms with Gasteiger partial charge >= 0.3 is 0 Å². The molecule has 0 spiro atoms. The van der Waals surface area contributed by atoms with Gasteiger partial charge in [-0.3, -0.25) is 4.79 Å². The first-order valence-electron chi connectivity index (χ1n) is 5.86. The van der Waals surface area contributed by atoms with Crippen LogP contribution < -0.4 is 5.73 Å². The van der Waals surface area contributed by atoms with E-state index in [0.29, 0.717) is 24.6 Å². The van der Waals surface area contributed by atoms with Crippen LogP contribution in [-0.2, 0) is 11.3 Å². The van der Waals surface area contributed by atoms with Crippen LogP contribution in [0.4, 0.5) is 0 Å². The summed E-state index contributed by atoms with van der Waals surface area (Å²) in [5.41, 5.74) is 5.43. The molecule has 0 bridgehead atoms. The molecule has 2 N–H and O–H groups in total. The SMILES string of the molecule is CN(CC1CCCO1)C(=O)c1ccc(CN)o1. The van der Waals surface area contributed by atoms with Gasteiger partial charge in [0.25, 0.3) is 5.91 Å². The summed E-state index contributed by atoms with van der Waals surface area (Å²) in [6.45, 7) is 1.71. The minimum Gasteiger partial charge on any atom is -0.455 e. The number of nitrogens with zero attached hydrogens (tertiary/aromatic N) is 1. The molecule has 1 aromatic heterocycles. The molecule has 1 aromatic rings. The number of hydrogen-bond donors (Lipinski definition) is 1. The third-order valence-electron chi connectivity index (χ3n) is 2.92. The third-order valence-corrected chi connectivity index (χ3v) is 2.92. The highest BCUT2D eigenvalue weighted by molar-refractivity contribution is 5.91. The van der Waals surface area contributed by atoms with Gasteiger partial charge in [-0.15, -0.1) is 0 Å². The molecule has 1 saturated heterocycles. The fourth-order valence-corrected chi connectivity index (χ4v) is 1.97. The Balaban J connectivity index is 1.93. The van der Waals surface area contributed by atoms with Crippen LogP contribution in [0.2, 0.25) is 0 Å². The molecule has 2 heterocycles. The number of carbonyl (C=O) groups excluding carboxylic acids is 1. The molecule has 5 nitrogen and oxygen atoms in total. The normalized spacial score (nSPS) is 19.5. The van der Waals surface area contributed by atoms with Gasteiger partial charge < -0.3 is 19.8 Å². The smallest absolute Gasteiger partial charge is 0.289 e. The van der Waals surface area contributed by atoms with Crippen molar-refractivity contribution in [1.29, 1.82) is 0 Å². The predicted octanol–water partition coefficient (Wildman–Crippen LogP) is 0.989. The van der Waals surface area contributed by atoms with Crippen molar-refractivity contribution in [3.63, 3.8) is 0 Å². The zero-order valence-corrected chi connectivity index (χ0v) is 10.0. The van der Waals surface area contributed by atoms with Crippen LogP contribution in [0.5, 0.6) is 0 Å². The highest BCUT2D eigenvalue weighted by Gasteiger charge is 2.22. The van der Waals surface area contributed by atoms with Gasteiger partial charge in [0.15, 0.2) is 5.76 Å². The number of nitrogens with two attached hydrogens (primary N) is 1. The third kappa shape index (κ3) is 2.87. The van der Waals surface area contributed by atoms with E-state index in [0.717, 1.165) is 19.4 Å². The van der Waals surface area contributed by atoms with Gasteiger partial charge in [0, 0.05) is 20.2 Å². The van der Waals surface area contributed by atoms with Crippen molar-refractivity contribution < 1.29 is 13.9 Å². The highest BCUT2D eigenvalue weighted by Crippen LogP contribution is 2.15. The number of furan rings is 1. The number of hydrogen-bond acceptors (Lipinski definition) is 4. The maximum atomic E-state index is 12.0. The molecule has 94 valence electrons. The molecule has 1 unspecified atom stereocenters. The monoisotopic (exact) mass is 238 g/mol. The van der Waals surface area contributed by atoms with Gasteiger partial charge in [-0.25, -0.2) is 0 Å². The van der Waals surface area contributed by atoms with Gasteiger partial charge in [-0.2, -0.15) is 0 Å². The van der Waals surface area contributed by atoms with E-state index in [4.69, 9.17) is 14.9 Å². The van der Waals surface area contributed by atoms with Crippen molar-refractivity contribution in [2.24, 2.45) is 5.73 Å². The molecule has 5 heteroatoms. The fraction of sp³-hybridized carbons (Fsp3) is 0.583. The van der Waals surface area contributed by atoms with E-state index < -0.39 is 0 Å². The molecule has 17 heavy (non-hydrogen) atoms. The zero-order valence-electron chi connectivity index (χ0n) is 10.0. The summed E-state index contributed by atoms with van der Waals surface area (Å²) in [7, 11) is 1.76. The van der Waals surface area contributed by atoms with Gasteiger partial charge in [-0.05, 0) is 25.0 Å². The summed E-state index contributed by atoms with van der Waals surface area (Å²) >= 11 is 0. The van der Waals surface area contributed by atoms with Gasteiger partial charge in [0.1, 0.15) is 5.76 Å². The first-order chi connectivity index (χ1) is 8.20. The van der Waals surface area contributed by atoms with Crippen molar-refractivity contribution in [3.05, 3.63) is 23.7 Å². The molecule has 1 aliphatic heterocycles. The van der Waals surface area contributed by atoms with E-state index in [1.807, 2.05) is 0 Å². The Kier molecular flexibility index (Phi) is 3.81. The molecule has 0 aromatic carbocycles. The van der Waals surface area contributed by atoms with Crippen LogP contribution in [0.1, 0.15) is 29.2 Å². The Hall–Kier alpha value is -1.33. The van der Waals surface area contributed by atoms with Crippen LogP contribution in [0, 0.1) is 0 Å². The molecular weight excluding hydrogens is 220 g/mol. The molecule has 0 aliphatic carbocycles. The van der Waals surface area contributed by atoms with E-state index in [1.165, 1.54) is 0 Å². The van der Waals surface area contributed by atoms with Gasteiger partial charge in [0.05, 0.1) is 12.6 Å². The number of ether oxygens (including phenoxy) is 1. The molecule has 1 fully saturated rings. The van der Waals surface area contributed by atoms with Crippen LogP contribution in [0.15, 0.2) is 16.5 Å². The number of rotatable bonds is 4. The summed E-state index contributed by atoms with van der Waals surface area (Å²) in [5, 5.41) is 0. The molecule has 0 radical (unpaired) electrons. The summed E-state index contributed by atoms with van der Waals surface area (Å²) in [6, 6.07) is 3.39. The van der Waals surface area contributed by atoms with E-state index in [1.54, 1.807) is 24.1 Å². The average Bonchev–Trinajstić information content (AvgIpc) is 2.98. The Morgan fingerprint density at radius 1 is 1.59 bits per heavy atom. The maximum Gasteiger partial charge on any atom is 0.289 e. The molecule has 2 rings (SSSR count). The quantitative estimate of drug-likeness (QED) is 0.849. The predicted molar refractivity (Wildman–Crippen MR) is 62.5 cm³/mol. The van der Waals surface area contributed by atoms with E-state index >= 15 is 0 Å². The second kappa shape index (κ2) is 5.33. The van der Waals surface area contributed by atoms with E-state index in [2.05, 4.69) is 0 Å². The van der Waals surface area contributed by atoms with Crippen molar-refractivity contribution in [2.75, 3.05) is 20.2 Å². The van der Waals surface area contributed by atoms with Crippen LogP contribution in [0.3, 0.4) is 0 Å². The minimum atomic E-state index is -0.125. The Bertz CT molecular complexity index is 383. The Labute approximate surface area is 101 Å². The number of likely N-dealkylation sites (N-methyl/N-ethyl adjacent to an activating group) is 1. The fourth-order valence-electron chi connectivity index (χ4n) is 1.97. The minimum absolute atomic E-state index is 0.125. The lowest BCUT2D eigenvalue weighted by Crippen LogP contribution is -2.33. The van der Waals surface area contributed by atoms with Crippen LogP contribution >= 0.6 is 0 Å². The molecular formula is C12H18N2O3. The molecule has 0 saturated carbocycles. The van der Waals surface area contributed by atoms with Crippen LogP contribution in [0.25, 0.3) is 0 Å². The number of amides is 1.